The van der Waals surface area contributed by atoms with E-state index in [9.17, 15) is 0 Å². The molecular formula is C7H8N2O. The van der Waals surface area contributed by atoms with E-state index in [4.69, 9.17) is 5.11 Å². The summed E-state index contributed by atoms with van der Waals surface area (Å²) >= 11 is 0. The largest absolute Gasteiger partial charge is 0.492 e. The molecule has 1 fully saturated rings. The fourth-order valence-electron chi connectivity index (χ4n) is 0.932. The average molecular weight is 136 g/mol. The van der Waals surface area contributed by atoms with E-state index in [1.807, 2.05) is 6.07 Å². The zero-order chi connectivity index (χ0) is 6.97. The van der Waals surface area contributed by atoms with Crippen molar-refractivity contribution in [2.75, 3.05) is 0 Å². The van der Waals surface area contributed by atoms with Crippen molar-refractivity contribution in [1.82, 2.24) is 10.2 Å². The van der Waals surface area contributed by atoms with Gasteiger partial charge in [-0.1, -0.05) is 0 Å². The zero-order valence-electron chi connectivity index (χ0n) is 5.49. The third-order valence-electron chi connectivity index (χ3n) is 1.67. The summed E-state index contributed by atoms with van der Waals surface area (Å²) in [4.78, 5) is 0. The second-order valence-corrected chi connectivity index (χ2v) is 2.59. The van der Waals surface area contributed by atoms with E-state index in [-0.39, 0.29) is 5.88 Å². The van der Waals surface area contributed by atoms with Gasteiger partial charge in [-0.15, -0.1) is 5.10 Å². The van der Waals surface area contributed by atoms with Crippen molar-refractivity contribution in [2.45, 2.75) is 18.8 Å². The van der Waals surface area contributed by atoms with Gasteiger partial charge in [0.2, 0.25) is 5.88 Å². The van der Waals surface area contributed by atoms with Crippen LogP contribution in [0.1, 0.15) is 24.5 Å². The maximum Gasteiger partial charge on any atom is 0.230 e. The average Bonchev–Trinajstić information content (AvgIpc) is 2.71. The molecule has 0 unspecified atom stereocenters. The van der Waals surface area contributed by atoms with E-state index in [0.29, 0.717) is 5.92 Å². The highest BCUT2D eigenvalue weighted by Crippen LogP contribution is 2.38. The molecule has 2 rings (SSSR count). The molecule has 3 nitrogen and oxygen atoms in total. The lowest BCUT2D eigenvalue weighted by atomic mass is 10.3. The van der Waals surface area contributed by atoms with Crippen LogP contribution in [-0.4, -0.2) is 15.3 Å². The molecule has 0 aliphatic heterocycles. The third-order valence-corrected chi connectivity index (χ3v) is 1.67. The SMILES string of the molecule is Oc1ccc(C2CC2)nn1. The molecule has 1 saturated carbocycles. The Morgan fingerprint density at radius 3 is 2.60 bits per heavy atom. The van der Waals surface area contributed by atoms with Crippen LogP contribution in [0.15, 0.2) is 12.1 Å². The standard InChI is InChI=1S/C7H8N2O/c10-7-4-3-6(8-9-7)5-1-2-5/h3-5H,1-2H2,(H,9,10). The van der Waals surface area contributed by atoms with Gasteiger partial charge >= 0.3 is 0 Å². The van der Waals surface area contributed by atoms with E-state index >= 15 is 0 Å². The lowest BCUT2D eigenvalue weighted by Gasteiger charge is -1.92. The van der Waals surface area contributed by atoms with E-state index in [0.717, 1.165) is 5.69 Å². The van der Waals surface area contributed by atoms with Crippen molar-refractivity contribution >= 4 is 0 Å². The van der Waals surface area contributed by atoms with Gasteiger partial charge in [-0.05, 0) is 18.9 Å². The first-order valence-electron chi connectivity index (χ1n) is 3.39. The summed E-state index contributed by atoms with van der Waals surface area (Å²) in [6.07, 6.45) is 2.44. The Labute approximate surface area is 58.7 Å². The van der Waals surface area contributed by atoms with Gasteiger partial charge in [0.1, 0.15) is 0 Å². The van der Waals surface area contributed by atoms with Gasteiger partial charge in [0.15, 0.2) is 0 Å². The predicted octanol–water partition coefficient (Wildman–Crippen LogP) is 1.06. The molecule has 3 heteroatoms. The number of rotatable bonds is 1. The molecule has 0 saturated heterocycles. The van der Waals surface area contributed by atoms with Crippen LogP contribution < -0.4 is 0 Å². The van der Waals surface area contributed by atoms with Crippen LogP contribution in [0.3, 0.4) is 0 Å². The summed E-state index contributed by atoms with van der Waals surface area (Å²) in [6.45, 7) is 0. The summed E-state index contributed by atoms with van der Waals surface area (Å²) < 4.78 is 0. The molecular weight excluding hydrogens is 128 g/mol. The Balaban J connectivity index is 2.28. The van der Waals surface area contributed by atoms with E-state index in [1.54, 1.807) is 6.07 Å². The molecule has 52 valence electrons. The number of nitrogens with zero attached hydrogens (tertiary/aromatic N) is 2. The molecule has 1 aliphatic carbocycles. The number of hydrogen-bond acceptors (Lipinski definition) is 3. The number of hydrogen-bond donors (Lipinski definition) is 1. The summed E-state index contributed by atoms with van der Waals surface area (Å²) in [7, 11) is 0. The Kier molecular flexibility index (Phi) is 1.09. The summed E-state index contributed by atoms with van der Waals surface area (Å²) in [5.74, 6) is 0.623. The minimum absolute atomic E-state index is 0.00407. The van der Waals surface area contributed by atoms with Gasteiger partial charge in [0.25, 0.3) is 0 Å². The van der Waals surface area contributed by atoms with Gasteiger partial charge in [-0.3, -0.25) is 0 Å². The van der Waals surface area contributed by atoms with Crippen LogP contribution in [0.4, 0.5) is 0 Å². The van der Waals surface area contributed by atoms with Crippen molar-refractivity contribution in [1.29, 1.82) is 0 Å². The minimum Gasteiger partial charge on any atom is -0.492 e. The summed E-state index contributed by atoms with van der Waals surface area (Å²) in [5.41, 5.74) is 1.01. The second kappa shape index (κ2) is 1.94. The van der Waals surface area contributed by atoms with E-state index in [1.165, 1.54) is 12.8 Å². The predicted molar refractivity (Wildman–Crippen MR) is 35.7 cm³/mol. The molecule has 0 bridgehead atoms. The number of aromatic hydroxyl groups is 1. The molecule has 0 aromatic carbocycles. The molecule has 1 aromatic heterocycles. The van der Waals surface area contributed by atoms with Crippen LogP contribution >= 0.6 is 0 Å². The fraction of sp³-hybridized carbons (Fsp3) is 0.429. The molecule has 1 N–H and O–H groups in total. The lowest BCUT2D eigenvalue weighted by Crippen LogP contribution is -1.87. The third kappa shape index (κ3) is 0.943. The van der Waals surface area contributed by atoms with Gasteiger partial charge in [0.05, 0.1) is 5.69 Å². The monoisotopic (exact) mass is 136 g/mol. The molecule has 1 heterocycles. The lowest BCUT2D eigenvalue weighted by molar-refractivity contribution is 0.443. The first kappa shape index (κ1) is 5.65. The number of aromatic nitrogens is 2. The Morgan fingerprint density at radius 1 is 1.30 bits per heavy atom. The maximum absolute atomic E-state index is 8.79. The van der Waals surface area contributed by atoms with E-state index < -0.39 is 0 Å². The smallest absolute Gasteiger partial charge is 0.230 e. The van der Waals surface area contributed by atoms with Crippen molar-refractivity contribution in [2.24, 2.45) is 0 Å². The quantitative estimate of drug-likeness (QED) is 0.627. The van der Waals surface area contributed by atoms with Gasteiger partial charge < -0.3 is 5.11 Å². The van der Waals surface area contributed by atoms with Gasteiger partial charge in [-0.2, -0.15) is 5.10 Å². The first-order valence-corrected chi connectivity index (χ1v) is 3.39. The molecule has 0 spiro atoms. The maximum atomic E-state index is 8.79. The van der Waals surface area contributed by atoms with Crippen molar-refractivity contribution in [3.05, 3.63) is 17.8 Å². The van der Waals surface area contributed by atoms with Crippen LogP contribution in [0, 0.1) is 0 Å². The molecule has 10 heavy (non-hydrogen) atoms. The molecule has 1 aromatic rings. The Bertz CT molecular complexity index is 228. The highest BCUT2D eigenvalue weighted by Gasteiger charge is 2.24. The highest BCUT2D eigenvalue weighted by molar-refractivity contribution is 5.16. The molecule has 0 atom stereocenters. The summed E-state index contributed by atoms with van der Waals surface area (Å²) in [5, 5.41) is 16.2. The zero-order valence-corrected chi connectivity index (χ0v) is 5.49. The van der Waals surface area contributed by atoms with Crippen LogP contribution in [0.2, 0.25) is 0 Å². The van der Waals surface area contributed by atoms with Crippen molar-refractivity contribution < 1.29 is 5.11 Å². The van der Waals surface area contributed by atoms with Gasteiger partial charge in [-0.25, -0.2) is 0 Å². The van der Waals surface area contributed by atoms with E-state index in [2.05, 4.69) is 10.2 Å². The van der Waals surface area contributed by atoms with Crippen LogP contribution in [-0.2, 0) is 0 Å². The van der Waals surface area contributed by atoms with Crippen LogP contribution in [0.25, 0.3) is 0 Å². The van der Waals surface area contributed by atoms with Crippen molar-refractivity contribution in [3.8, 4) is 5.88 Å². The van der Waals surface area contributed by atoms with Gasteiger partial charge in [0, 0.05) is 12.0 Å². The normalized spacial score (nSPS) is 17.2. The van der Waals surface area contributed by atoms with Crippen LogP contribution in [0.5, 0.6) is 5.88 Å². The second-order valence-electron chi connectivity index (χ2n) is 2.59. The molecule has 1 aliphatic rings. The molecule has 0 amide bonds. The topological polar surface area (TPSA) is 46.0 Å². The first-order chi connectivity index (χ1) is 4.86. The molecule has 0 radical (unpaired) electrons. The summed E-state index contributed by atoms with van der Waals surface area (Å²) in [6, 6.07) is 3.42. The highest BCUT2D eigenvalue weighted by atomic mass is 16.3. The Morgan fingerprint density at radius 2 is 2.10 bits per heavy atom. The minimum atomic E-state index is 0.00407. The van der Waals surface area contributed by atoms with Crippen molar-refractivity contribution in [3.63, 3.8) is 0 Å². The Hall–Kier alpha value is -1.12. The fourth-order valence-corrected chi connectivity index (χ4v) is 0.932.